The zero-order valence-corrected chi connectivity index (χ0v) is 12.1. The van der Waals surface area contributed by atoms with Crippen molar-refractivity contribution in [3.63, 3.8) is 0 Å². The summed E-state index contributed by atoms with van der Waals surface area (Å²) in [5.74, 6) is 0.487. The van der Waals surface area contributed by atoms with Gasteiger partial charge in [0.05, 0.1) is 5.25 Å². The molecule has 1 saturated carbocycles. The van der Waals surface area contributed by atoms with E-state index < -0.39 is 9.84 Å². The molecule has 1 aromatic rings. The third kappa shape index (κ3) is 2.64. The summed E-state index contributed by atoms with van der Waals surface area (Å²) in [7, 11) is -2.88. The van der Waals surface area contributed by atoms with Gasteiger partial charge in [-0.15, -0.1) is 0 Å². The minimum absolute atomic E-state index is 0.128. The maximum atomic E-state index is 11.7. The molecular weight excluding hydrogens is 258 g/mol. The van der Waals surface area contributed by atoms with Gasteiger partial charge in [0.15, 0.2) is 0 Å². The first-order valence-electron chi connectivity index (χ1n) is 7.07. The summed E-state index contributed by atoms with van der Waals surface area (Å²) in [4.78, 5) is 0. The number of fused-ring (bicyclic) bond motifs is 1. The number of hydrogen-bond acceptors (Lipinski definition) is 3. The van der Waals surface area contributed by atoms with E-state index >= 15 is 0 Å². The number of anilines is 1. The minimum atomic E-state index is -2.88. The van der Waals surface area contributed by atoms with E-state index in [1.807, 2.05) is 6.07 Å². The first-order chi connectivity index (χ1) is 9.04. The molecule has 1 aliphatic carbocycles. The van der Waals surface area contributed by atoms with Crippen LogP contribution in [-0.2, 0) is 16.3 Å². The highest BCUT2D eigenvalue weighted by Crippen LogP contribution is 2.36. The van der Waals surface area contributed by atoms with E-state index in [2.05, 4.69) is 23.5 Å². The monoisotopic (exact) mass is 279 g/mol. The van der Waals surface area contributed by atoms with Gasteiger partial charge >= 0.3 is 0 Å². The van der Waals surface area contributed by atoms with Gasteiger partial charge in [-0.05, 0) is 43.2 Å². The SMILES string of the molecule is CS(=O)(=O)C1CCCC(C2Cc3ccccc3N2)C1. The van der Waals surface area contributed by atoms with Crippen LogP contribution >= 0.6 is 0 Å². The van der Waals surface area contributed by atoms with Gasteiger partial charge in [-0.3, -0.25) is 0 Å². The van der Waals surface area contributed by atoms with Gasteiger partial charge in [-0.1, -0.05) is 24.6 Å². The van der Waals surface area contributed by atoms with Crippen molar-refractivity contribution in [2.24, 2.45) is 5.92 Å². The topological polar surface area (TPSA) is 46.2 Å². The summed E-state index contributed by atoms with van der Waals surface area (Å²) < 4.78 is 23.5. The van der Waals surface area contributed by atoms with Gasteiger partial charge in [-0.25, -0.2) is 8.42 Å². The summed E-state index contributed by atoms with van der Waals surface area (Å²) in [6, 6.07) is 8.82. The first kappa shape index (κ1) is 13.0. The lowest BCUT2D eigenvalue weighted by atomic mass is 9.82. The number of nitrogens with one attached hydrogen (secondary N) is 1. The van der Waals surface area contributed by atoms with Crippen LogP contribution in [0.25, 0.3) is 0 Å². The molecule has 0 amide bonds. The second kappa shape index (κ2) is 4.82. The van der Waals surface area contributed by atoms with Gasteiger partial charge in [0.1, 0.15) is 9.84 Å². The number of hydrogen-bond donors (Lipinski definition) is 1. The van der Waals surface area contributed by atoms with E-state index in [1.54, 1.807) is 0 Å². The van der Waals surface area contributed by atoms with Crippen molar-refractivity contribution in [1.82, 2.24) is 0 Å². The van der Waals surface area contributed by atoms with Crippen LogP contribution in [0, 0.1) is 5.92 Å². The molecule has 19 heavy (non-hydrogen) atoms. The highest BCUT2D eigenvalue weighted by molar-refractivity contribution is 7.91. The van der Waals surface area contributed by atoms with Crippen LogP contribution in [0.15, 0.2) is 24.3 Å². The number of rotatable bonds is 2. The number of sulfone groups is 1. The Labute approximate surface area is 115 Å². The van der Waals surface area contributed by atoms with Crippen LogP contribution < -0.4 is 5.32 Å². The maximum Gasteiger partial charge on any atom is 0.150 e. The van der Waals surface area contributed by atoms with Gasteiger partial charge < -0.3 is 5.32 Å². The van der Waals surface area contributed by atoms with Crippen molar-refractivity contribution in [3.8, 4) is 0 Å². The average molecular weight is 279 g/mol. The molecule has 0 saturated heterocycles. The van der Waals surface area contributed by atoms with Crippen LogP contribution in [0.4, 0.5) is 5.69 Å². The van der Waals surface area contributed by atoms with Crippen molar-refractivity contribution >= 4 is 15.5 Å². The molecule has 1 aliphatic heterocycles. The lowest BCUT2D eigenvalue weighted by Gasteiger charge is -2.32. The van der Waals surface area contributed by atoms with E-state index in [4.69, 9.17) is 0 Å². The molecule has 1 aromatic carbocycles. The molecule has 0 spiro atoms. The molecule has 1 N–H and O–H groups in total. The Kier molecular flexibility index (Phi) is 3.29. The smallest absolute Gasteiger partial charge is 0.150 e. The molecule has 104 valence electrons. The van der Waals surface area contributed by atoms with Gasteiger partial charge in [0.2, 0.25) is 0 Å². The summed E-state index contributed by atoms with van der Waals surface area (Å²) in [6.07, 6.45) is 6.28. The molecule has 4 heteroatoms. The maximum absolute atomic E-state index is 11.7. The summed E-state index contributed by atoms with van der Waals surface area (Å²) in [5.41, 5.74) is 2.60. The predicted molar refractivity (Wildman–Crippen MR) is 78.1 cm³/mol. The Morgan fingerprint density at radius 1 is 1.21 bits per heavy atom. The second-order valence-corrected chi connectivity index (χ2v) is 8.32. The molecular formula is C15H21NO2S. The molecule has 1 fully saturated rings. The van der Waals surface area contributed by atoms with Gasteiger partial charge in [0, 0.05) is 18.0 Å². The molecule has 0 bridgehead atoms. The fourth-order valence-electron chi connectivity index (χ4n) is 3.55. The Morgan fingerprint density at radius 2 is 2.00 bits per heavy atom. The Balaban J connectivity index is 1.71. The van der Waals surface area contributed by atoms with Crippen molar-refractivity contribution in [2.45, 2.75) is 43.4 Å². The Hall–Kier alpha value is -1.03. The Morgan fingerprint density at radius 3 is 2.74 bits per heavy atom. The number of benzene rings is 1. The quantitative estimate of drug-likeness (QED) is 0.905. The highest BCUT2D eigenvalue weighted by atomic mass is 32.2. The molecule has 1 heterocycles. The molecule has 0 radical (unpaired) electrons. The van der Waals surface area contributed by atoms with E-state index in [9.17, 15) is 8.42 Å². The molecule has 3 nitrogen and oxygen atoms in total. The minimum Gasteiger partial charge on any atom is -0.381 e. The van der Waals surface area contributed by atoms with Crippen molar-refractivity contribution in [3.05, 3.63) is 29.8 Å². The zero-order valence-electron chi connectivity index (χ0n) is 11.3. The molecule has 2 aliphatic rings. The van der Waals surface area contributed by atoms with E-state index in [-0.39, 0.29) is 5.25 Å². The summed E-state index contributed by atoms with van der Waals surface area (Å²) >= 11 is 0. The van der Waals surface area contributed by atoms with Crippen LogP contribution in [0.1, 0.15) is 31.2 Å². The normalized spacial score (nSPS) is 30.7. The average Bonchev–Trinajstić information content (AvgIpc) is 2.81. The standard InChI is InChI=1S/C15H21NO2S/c1-19(17,18)13-7-4-6-11(9-13)15-10-12-5-2-3-8-14(12)16-15/h2-3,5,8,11,13,15-16H,4,6-7,9-10H2,1H3. The third-order valence-electron chi connectivity index (χ3n) is 4.64. The van der Waals surface area contributed by atoms with E-state index in [1.165, 1.54) is 17.5 Å². The summed E-state index contributed by atoms with van der Waals surface area (Å²) in [5, 5.41) is 3.45. The fraction of sp³-hybridized carbons (Fsp3) is 0.600. The van der Waals surface area contributed by atoms with E-state index in [0.29, 0.717) is 12.0 Å². The van der Waals surface area contributed by atoms with Crippen molar-refractivity contribution < 1.29 is 8.42 Å². The Bertz CT molecular complexity index is 542. The fourth-order valence-corrected chi connectivity index (χ4v) is 4.74. The van der Waals surface area contributed by atoms with Gasteiger partial charge in [-0.2, -0.15) is 0 Å². The largest absolute Gasteiger partial charge is 0.381 e. The highest BCUT2D eigenvalue weighted by Gasteiger charge is 2.35. The van der Waals surface area contributed by atoms with Crippen LogP contribution in [-0.4, -0.2) is 26.0 Å². The lowest BCUT2D eigenvalue weighted by Crippen LogP contribution is -2.35. The lowest BCUT2D eigenvalue weighted by molar-refractivity contribution is 0.321. The van der Waals surface area contributed by atoms with Crippen LogP contribution in [0.3, 0.4) is 0 Å². The van der Waals surface area contributed by atoms with E-state index in [0.717, 1.165) is 32.1 Å². The molecule has 3 rings (SSSR count). The third-order valence-corrected chi connectivity index (χ3v) is 6.28. The zero-order chi connectivity index (χ0) is 13.5. The molecule has 0 aromatic heterocycles. The van der Waals surface area contributed by atoms with Crippen molar-refractivity contribution in [2.75, 3.05) is 11.6 Å². The van der Waals surface area contributed by atoms with Crippen molar-refractivity contribution in [1.29, 1.82) is 0 Å². The molecule has 3 atom stereocenters. The second-order valence-electron chi connectivity index (χ2n) is 5.99. The molecule has 3 unspecified atom stereocenters. The number of para-hydroxylation sites is 1. The first-order valence-corrected chi connectivity index (χ1v) is 9.03. The van der Waals surface area contributed by atoms with Crippen LogP contribution in [0.2, 0.25) is 0 Å². The summed E-state index contributed by atoms with van der Waals surface area (Å²) in [6.45, 7) is 0. The predicted octanol–water partition coefficient (Wildman–Crippen LogP) is 2.63. The van der Waals surface area contributed by atoms with Gasteiger partial charge in [0.25, 0.3) is 0 Å². The van der Waals surface area contributed by atoms with Crippen LogP contribution in [0.5, 0.6) is 0 Å².